The Morgan fingerprint density at radius 3 is 2.86 bits per heavy atom. The maximum Gasteiger partial charge on any atom is 0.120 e. The first-order chi connectivity index (χ1) is 13.7. The van der Waals surface area contributed by atoms with Gasteiger partial charge in [-0.15, -0.1) is 0 Å². The second kappa shape index (κ2) is 8.42. The van der Waals surface area contributed by atoms with Crippen LogP contribution in [0, 0.1) is 0 Å². The van der Waals surface area contributed by atoms with E-state index in [1.54, 1.807) is 18.5 Å². The minimum atomic E-state index is 0.298. The van der Waals surface area contributed by atoms with E-state index in [4.69, 9.17) is 11.6 Å². The summed E-state index contributed by atoms with van der Waals surface area (Å²) < 4.78 is 2.06. The Labute approximate surface area is 168 Å². The molecule has 0 bridgehead atoms. The van der Waals surface area contributed by atoms with Gasteiger partial charge in [0.2, 0.25) is 0 Å². The number of fused-ring (bicyclic) bond motifs is 1. The molecule has 2 aromatic heterocycles. The minimum absolute atomic E-state index is 0.298. The van der Waals surface area contributed by atoms with Gasteiger partial charge in [0, 0.05) is 47.7 Å². The molecule has 0 atom stereocenters. The molecule has 5 nitrogen and oxygen atoms in total. The lowest BCUT2D eigenvalue weighted by molar-refractivity contribution is 0.463. The number of nitrogens with one attached hydrogen (secondary N) is 1. The van der Waals surface area contributed by atoms with Crippen LogP contribution in [0.25, 0.3) is 22.0 Å². The summed E-state index contributed by atoms with van der Waals surface area (Å²) in [6.45, 7) is 2.39. The number of phenols is 1. The molecule has 0 unspecified atom stereocenters. The molecule has 4 rings (SSSR count). The van der Waals surface area contributed by atoms with Gasteiger partial charge in [-0.3, -0.25) is 4.98 Å². The van der Waals surface area contributed by atoms with E-state index in [2.05, 4.69) is 19.9 Å². The van der Waals surface area contributed by atoms with E-state index in [-0.39, 0.29) is 0 Å². The van der Waals surface area contributed by atoms with Gasteiger partial charge in [-0.1, -0.05) is 23.7 Å². The molecule has 2 heterocycles. The average molecular weight is 393 g/mol. The summed E-state index contributed by atoms with van der Waals surface area (Å²) in [5.41, 5.74) is 3.85. The normalized spacial score (nSPS) is 11.2. The summed E-state index contributed by atoms with van der Waals surface area (Å²) >= 11 is 6.09. The number of rotatable bonds is 7. The van der Waals surface area contributed by atoms with E-state index >= 15 is 0 Å². The lowest BCUT2D eigenvalue weighted by Gasteiger charge is -2.11. The molecular formula is C22H21ClN4O. The summed E-state index contributed by atoms with van der Waals surface area (Å²) in [6, 6.07) is 13.4. The molecule has 28 heavy (non-hydrogen) atoms. The van der Waals surface area contributed by atoms with Crippen LogP contribution in [0.2, 0.25) is 5.02 Å². The van der Waals surface area contributed by atoms with E-state index in [0.29, 0.717) is 17.3 Å². The maximum absolute atomic E-state index is 10.3. The first-order valence-electron chi connectivity index (χ1n) is 9.24. The fraction of sp³-hybridized carbons (Fsp3) is 0.182. The number of pyridine rings is 1. The number of aromatic nitrogens is 3. The summed E-state index contributed by atoms with van der Waals surface area (Å²) in [4.78, 5) is 8.45. The Hall–Kier alpha value is -2.89. The highest BCUT2D eigenvalue weighted by molar-refractivity contribution is 6.31. The lowest BCUT2D eigenvalue weighted by Crippen LogP contribution is -2.16. The van der Waals surface area contributed by atoms with Gasteiger partial charge in [-0.25, -0.2) is 4.98 Å². The molecule has 2 aromatic carbocycles. The van der Waals surface area contributed by atoms with Gasteiger partial charge in [0.15, 0.2) is 0 Å². The third kappa shape index (κ3) is 4.16. The van der Waals surface area contributed by atoms with E-state index < -0.39 is 0 Å². The maximum atomic E-state index is 10.3. The molecule has 0 spiro atoms. The van der Waals surface area contributed by atoms with Crippen molar-refractivity contribution in [2.45, 2.75) is 19.5 Å². The Morgan fingerprint density at radius 1 is 1.07 bits per heavy atom. The zero-order chi connectivity index (χ0) is 19.3. The summed E-state index contributed by atoms with van der Waals surface area (Å²) in [5.74, 6) is 0.298. The van der Waals surface area contributed by atoms with Crippen molar-refractivity contribution >= 4 is 22.5 Å². The van der Waals surface area contributed by atoms with Crippen molar-refractivity contribution in [2.75, 3.05) is 6.54 Å². The van der Waals surface area contributed by atoms with Crippen LogP contribution in [0.4, 0.5) is 0 Å². The minimum Gasteiger partial charge on any atom is -0.508 e. The second-order valence-corrected chi connectivity index (χ2v) is 7.13. The average Bonchev–Trinajstić information content (AvgIpc) is 3.22. The highest BCUT2D eigenvalue weighted by Crippen LogP contribution is 2.31. The van der Waals surface area contributed by atoms with Crippen molar-refractivity contribution < 1.29 is 5.11 Å². The Kier molecular flexibility index (Phi) is 5.55. The molecule has 0 saturated carbocycles. The van der Waals surface area contributed by atoms with Crippen molar-refractivity contribution in [3.8, 4) is 16.9 Å². The largest absolute Gasteiger partial charge is 0.508 e. The van der Waals surface area contributed by atoms with Gasteiger partial charge >= 0.3 is 0 Å². The number of hydrogen-bond acceptors (Lipinski definition) is 4. The molecule has 0 aliphatic carbocycles. The SMILES string of the molecule is Oc1ccc(-c2ccnc3cc(Cl)ccc23)cc1CNCCCn1ccnc1. The third-order valence-corrected chi connectivity index (χ3v) is 4.97. The summed E-state index contributed by atoms with van der Waals surface area (Å²) in [6.07, 6.45) is 8.35. The van der Waals surface area contributed by atoms with E-state index in [9.17, 15) is 5.11 Å². The number of benzene rings is 2. The van der Waals surface area contributed by atoms with Crippen molar-refractivity contribution in [3.63, 3.8) is 0 Å². The molecule has 0 fully saturated rings. The molecule has 2 N–H and O–H groups in total. The van der Waals surface area contributed by atoms with Gasteiger partial charge in [0.25, 0.3) is 0 Å². The number of nitrogens with zero attached hydrogens (tertiary/aromatic N) is 3. The highest BCUT2D eigenvalue weighted by Gasteiger charge is 2.08. The van der Waals surface area contributed by atoms with Crippen LogP contribution in [0.5, 0.6) is 5.75 Å². The lowest BCUT2D eigenvalue weighted by atomic mass is 9.99. The van der Waals surface area contributed by atoms with Gasteiger partial charge in [-0.2, -0.15) is 0 Å². The monoisotopic (exact) mass is 392 g/mol. The van der Waals surface area contributed by atoms with Crippen molar-refractivity contribution in [1.82, 2.24) is 19.9 Å². The Morgan fingerprint density at radius 2 is 2.00 bits per heavy atom. The van der Waals surface area contributed by atoms with Gasteiger partial charge in [0.05, 0.1) is 11.8 Å². The first kappa shape index (κ1) is 18.5. The molecular weight excluding hydrogens is 372 g/mol. The summed E-state index contributed by atoms with van der Waals surface area (Å²) in [5, 5.41) is 15.4. The van der Waals surface area contributed by atoms with Crippen LogP contribution in [-0.2, 0) is 13.1 Å². The molecule has 0 aliphatic heterocycles. The van der Waals surface area contributed by atoms with Crippen molar-refractivity contribution in [3.05, 3.63) is 78.0 Å². The van der Waals surface area contributed by atoms with Crippen LogP contribution in [-0.4, -0.2) is 26.2 Å². The number of aromatic hydroxyl groups is 1. The van der Waals surface area contributed by atoms with E-state index in [0.717, 1.165) is 47.1 Å². The number of phenolic OH excluding ortho intramolecular Hbond substituents is 1. The molecule has 0 radical (unpaired) electrons. The third-order valence-electron chi connectivity index (χ3n) is 4.74. The zero-order valence-electron chi connectivity index (χ0n) is 15.3. The van der Waals surface area contributed by atoms with Gasteiger partial charge in [-0.05, 0) is 54.4 Å². The predicted molar refractivity (Wildman–Crippen MR) is 112 cm³/mol. The molecule has 4 aromatic rings. The van der Waals surface area contributed by atoms with E-state index in [1.807, 2.05) is 48.9 Å². The zero-order valence-corrected chi connectivity index (χ0v) is 16.1. The van der Waals surface area contributed by atoms with Gasteiger partial charge in [0.1, 0.15) is 5.75 Å². The van der Waals surface area contributed by atoms with E-state index in [1.165, 1.54) is 0 Å². The second-order valence-electron chi connectivity index (χ2n) is 6.69. The number of hydrogen-bond donors (Lipinski definition) is 2. The molecule has 0 aliphatic rings. The molecule has 0 saturated heterocycles. The topological polar surface area (TPSA) is 63.0 Å². The smallest absolute Gasteiger partial charge is 0.120 e. The summed E-state index contributed by atoms with van der Waals surface area (Å²) in [7, 11) is 0. The van der Waals surface area contributed by atoms with Crippen LogP contribution in [0.3, 0.4) is 0 Å². The standard InChI is InChI=1S/C22H21ClN4O/c23-18-3-4-20-19(6-8-26-21(20)13-18)16-2-5-22(28)17(12-16)14-24-7-1-10-27-11-9-25-15-27/h2-6,8-9,11-13,15,24,28H,1,7,10,14H2. The molecule has 0 amide bonds. The number of halogens is 1. The van der Waals surface area contributed by atoms with Crippen LogP contribution in [0.15, 0.2) is 67.4 Å². The van der Waals surface area contributed by atoms with Crippen molar-refractivity contribution in [2.24, 2.45) is 0 Å². The molecule has 142 valence electrons. The quantitative estimate of drug-likeness (QED) is 0.450. The highest BCUT2D eigenvalue weighted by atomic mass is 35.5. The first-order valence-corrected chi connectivity index (χ1v) is 9.61. The Balaban J connectivity index is 1.48. The fourth-order valence-corrected chi connectivity index (χ4v) is 3.46. The van der Waals surface area contributed by atoms with Crippen LogP contribution < -0.4 is 5.32 Å². The van der Waals surface area contributed by atoms with Crippen molar-refractivity contribution in [1.29, 1.82) is 0 Å². The Bertz CT molecular complexity index is 1080. The number of aryl methyl sites for hydroxylation is 1. The van der Waals surface area contributed by atoms with Crippen LogP contribution in [0.1, 0.15) is 12.0 Å². The van der Waals surface area contributed by atoms with Gasteiger partial charge < -0.3 is 15.0 Å². The predicted octanol–water partition coefficient (Wildman–Crippen LogP) is 4.64. The molecule has 6 heteroatoms. The van der Waals surface area contributed by atoms with Crippen LogP contribution >= 0.6 is 11.6 Å². The fourth-order valence-electron chi connectivity index (χ4n) is 3.30. The number of imidazole rings is 1.